The molecule has 28 heavy (non-hydrogen) atoms. The average molecular weight is 387 g/mol. The van der Waals surface area contributed by atoms with Crippen LogP contribution in [0.3, 0.4) is 0 Å². The van der Waals surface area contributed by atoms with Crippen molar-refractivity contribution in [2.45, 2.75) is 111 Å². The van der Waals surface area contributed by atoms with Crippen molar-refractivity contribution >= 4 is 0 Å². The molecule has 8 atom stereocenters. The molecule has 0 spiro atoms. The highest BCUT2D eigenvalue weighted by Gasteiger charge is 2.59. The molecule has 0 bridgehead atoms. The average Bonchev–Trinajstić information content (AvgIpc) is 2.99. The number of hydrogen-bond acceptors (Lipinski definition) is 1. The quantitative estimate of drug-likeness (QED) is 0.488. The molecule has 3 fully saturated rings. The van der Waals surface area contributed by atoms with Crippen LogP contribution in [0, 0.1) is 46.3 Å². The zero-order valence-electron chi connectivity index (χ0n) is 19.3. The van der Waals surface area contributed by atoms with E-state index in [1.165, 1.54) is 57.8 Å². The Morgan fingerprint density at radius 2 is 1.79 bits per heavy atom. The van der Waals surface area contributed by atoms with E-state index in [0.29, 0.717) is 10.8 Å². The molecule has 0 aromatic carbocycles. The lowest BCUT2D eigenvalue weighted by Crippen LogP contribution is -2.50. The lowest BCUT2D eigenvalue weighted by molar-refractivity contribution is -0.0573. The normalized spacial score (nSPS) is 46.5. The van der Waals surface area contributed by atoms with Gasteiger partial charge in [-0.15, -0.1) is 0 Å². The van der Waals surface area contributed by atoms with E-state index in [1.807, 2.05) is 0 Å². The molecule has 4 aliphatic carbocycles. The van der Waals surface area contributed by atoms with Gasteiger partial charge in [0, 0.05) is 0 Å². The number of aliphatic hydroxyl groups excluding tert-OH is 1. The molecule has 1 N–H and O–H groups in total. The maximum atomic E-state index is 10.2. The van der Waals surface area contributed by atoms with Gasteiger partial charge in [-0.3, -0.25) is 0 Å². The summed E-state index contributed by atoms with van der Waals surface area (Å²) in [6.07, 6.45) is 17.2. The predicted molar refractivity (Wildman–Crippen MR) is 119 cm³/mol. The van der Waals surface area contributed by atoms with Gasteiger partial charge in [-0.1, -0.05) is 65.5 Å². The molecule has 0 aliphatic heterocycles. The van der Waals surface area contributed by atoms with E-state index in [1.54, 1.807) is 5.57 Å². The number of rotatable bonds is 5. The van der Waals surface area contributed by atoms with Gasteiger partial charge in [-0.25, -0.2) is 0 Å². The van der Waals surface area contributed by atoms with Crippen LogP contribution in [0.5, 0.6) is 0 Å². The Morgan fingerprint density at radius 3 is 2.54 bits per heavy atom. The first kappa shape index (κ1) is 21.0. The Bertz CT molecular complexity index is 591. The molecular weight excluding hydrogens is 340 g/mol. The molecule has 0 saturated heterocycles. The van der Waals surface area contributed by atoms with Crippen molar-refractivity contribution in [3.8, 4) is 0 Å². The Labute approximate surface area is 174 Å². The molecule has 0 amide bonds. The fourth-order valence-electron chi connectivity index (χ4n) is 8.67. The van der Waals surface area contributed by atoms with Gasteiger partial charge in [0.25, 0.3) is 0 Å². The van der Waals surface area contributed by atoms with Crippen molar-refractivity contribution in [2.75, 3.05) is 0 Å². The number of fused-ring (bicyclic) bond motifs is 5. The maximum absolute atomic E-state index is 10.2. The summed E-state index contributed by atoms with van der Waals surface area (Å²) in [5.41, 5.74) is 2.60. The lowest BCUT2D eigenvalue weighted by Gasteiger charge is -2.58. The Hall–Kier alpha value is -0.300. The van der Waals surface area contributed by atoms with Crippen LogP contribution < -0.4 is 0 Å². The van der Waals surface area contributed by atoms with Crippen molar-refractivity contribution in [1.82, 2.24) is 0 Å². The third-order valence-corrected chi connectivity index (χ3v) is 10.3. The first-order valence-electron chi connectivity index (χ1n) is 12.6. The van der Waals surface area contributed by atoms with Gasteiger partial charge in [0.15, 0.2) is 0 Å². The maximum Gasteiger partial charge on any atom is 0.0577 e. The molecule has 0 heterocycles. The van der Waals surface area contributed by atoms with Crippen molar-refractivity contribution in [3.05, 3.63) is 11.6 Å². The fourth-order valence-corrected chi connectivity index (χ4v) is 8.67. The van der Waals surface area contributed by atoms with Crippen molar-refractivity contribution in [1.29, 1.82) is 0 Å². The molecular formula is C27H46O. The second-order valence-electron chi connectivity index (χ2n) is 12.2. The van der Waals surface area contributed by atoms with Crippen LogP contribution in [-0.4, -0.2) is 11.2 Å². The van der Waals surface area contributed by atoms with E-state index in [0.717, 1.165) is 48.3 Å². The van der Waals surface area contributed by atoms with Gasteiger partial charge in [0.1, 0.15) is 0 Å². The standard InChI is InChI=1S/C27H46O/c1-18(2)7-6-8-19(3)23-11-12-24-22-10-9-20-17-21(28)13-15-26(20,4)25(22)14-16-27(23,24)5/h9,18-19,21-25,28H,6-8,10-17H2,1-5H3/t19?,21?,22?,23?,24-,25-,26?,27?/m0/s1. The molecule has 0 radical (unpaired) electrons. The molecule has 1 heteroatoms. The summed E-state index contributed by atoms with van der Waals surface area (Å²) in [6, 6.07) is 0. The minimum atomic E-state index is -0.0766. The van der Waals surface area contributed by atoms with Gasteiger partial charge < -0.3 is 5.11 Å². The van der Waals surface area contributed by atoms with E-state index in [-0.39, 0.29) is 6.10 Å². The number of hydrogen-bond donors (Lipinski definition) is 1. The summed E-state index contributed by atoms with van der Waals surface area (Å²) in [5.74, 6) is 5.46. The predicted octanol–water partition coefficient (Wildman–Crippen LogP) is 7.39. The second kappa shape index (κ2) is 7.75. The van der Waals surface area contributed by atoms with Crippen LogP contribution in [-0.2, 0) is 0 Å². The van der Waals surface area contributed by atoms with Gasteiger partial charge >= 0.3 is 0 Å². The minimum absolute atomic E-state index is 0.0766. The molecule has 4 aliphatic rings. The summed E-state index contributed by atoms with van der Waals surface area (Å²) in [7, 11) is 0. The summed E-state index contributed by atoms with van der Waals surface area (Å²) in [5, 5.41) is 10.2. The first-order valence-corrected chi connectivity index (χ1v) is 12.6. The van der Waals surface area contributed by atoms with Crippen LogP contribution in [0.2, 0.25) is 0 Å². The summed E-state index contributed by atoms with van der Waals surface area (Å²) < 4.78 is 0. The highest BCUT2D eigenvalue weighted by atomic mass is 16.3. The SMILES string of the molecule is CC(C)CCCC(C)C1CC[C@H]2C3CC=C4CC(O)CCC4(C)[C@H]3CCC12C. The van der Waals surface area contributed by atoms with Crippen LogP contribution in [0.1, 0.15) is 105 Å². The fraction of sp³-hybridized carbons (Fsp3) is 0.926. The smallest absolute Gasteiger partial charge is 0.0577 e. The highest BCUT2D eigenvalue weighted by Crippen LogP contribution is 2.67. The molecule has 0 aromatic rings. The van der Waals surface area contributed by atoms with E-state index in [9.17, 15) is 5.11 Å². The Morgan fingerprint density at radius 1 is 1.00 bits per heavy atom. The monoisotopic (exact) mass is 386 g/mol. The summed E-state index contributed by atoms with van der Waals surface area (Å²) >= 11 is 0. The lowest BCUT2D eigenvalue weighted by atomic mass is 9.47. The van der Waals surface area contributed by atoms with Crippen molar-refractivity contribution in [2.24, 2.45) is 46.3 Å². The third kappa shape index (κ3) is 3.42. The Balaban J connectivity index is 1.49. The summed E-state index contributed by atoms with van der Waals surface area (Å²) in [4.78, 5) is 0. The molecule has 160 valence electrons. The molecule has 4 rings (SSSR count). The van der Waals surface area contributed by atoms with E-state index in [2.05, 4.69) is 40.7 Å². The number of allylic oxidation sites excluding steroid dienone is 1. The molecule has 1 nitrogen and oxygen atoms in total. The molecule has 0 aromatic heterocycles. The van der Waals surface area contributed by atoms with Crippen LogP contribution in [0.4, 0.5) is 0 Å². The van der Waals surface area contributed by atoms with E-state index >= 15 is 0 Å². The largest absolute Gasteiger partial charge is 0.393 e. The van der Waals surface area contributed by atoms with E-state index in [4.69, 9.17) is 0 Å². The molecule has 3 saturated carbocycles. The van der Waals surface area contributed by atoms with Crippen molar-refractivity contribution in [3.63, 3.8) is 0 Å². The van der Waals surface area contributed by atoms with Gasteiger partial charge in [0.2, 0.25) is 0 Å². The zero-order chi connectivity index (χ0) is 20.1. The third-order valence-electron chi connectivity index (χ3n) is 10.3. The van der Waals surface area contributed by atoms with Crippen LogP contribution in [0.15, 0.2) is 11.6 Å². The molecule has 6 unspecified atom stereocenters. The van der Waals surface area contributed by atoms with Gasteiger partial charge in [0.05, 0.1) is 6.10 Å². The second-order valence-corrected chi connectivity index (χ2v) is 12.2. The van der Waals surface area contributed by atoms with Crippen LogP contribution >= 0.6 is 0 Å². The summed E-state index contributed by atoms with van der Waals surface area (Å²) in [6.45, 7) is 12.6. The van der Waals surface area contributed by atoms with Gasteiger partial charge in [-0.05, 0) is 97.7 Å². The topological polar surface area (TPSA) is 20.2 Å². The Kier molecular flexibility index (Phi) is 5.80. The zero-order valence-corrected chi connectivity index (χ0v) is 19.3. The number of aliphatic hydroxyl groups is 1. The highest BCUT2D eigenvalue weighted by molar-refractivity contribution is 5.25. The van der Waals surface area contributed by atoms with E-state index < -0.39 is 0 Å². The minimum Gasteiger partial charge on any atom is -0.393 e. The van der Waals surface area contributed by atoms with Crippen molar-refractivity contribution < 1.29 is 5.11 Å². The first-order chi connectivity index (χ1) is 13.3. The van der Waals surface area contributed by atoms with Crippen LogP contribution in [0.25, 0.3) is 0 Å². The van der Waals surface area contributed by atoms with Gasteiger partial charge in [-0.2, -0.15) is 0 Å².